The predicted octanol–water partition coefficient (Wildman–Crippen LogP) is 3.64. The second-order valence-electron chi connectivity index (χ2n) is 7.90. The van der Waals surface area contributed by atoms with Crippen LogP contribution in [0, 0.1) is 23.7 Å². The molecule has 1 saturated carbocycles. The third-order valence-corrected chi connectivity index (χ3v) is 5.92. The van der Waals surface area contributed by atoms with Crippen molar-refractivity contribution in [2.75, 3.05) is 0 Å². The molecule has 1 aliphatic carbocycles. The highest BCUT2D eigenvalue weighted by Crippen LogP contribution is 2.38. The summed E-state index contributed by atoms with van der Waals surface area (Å²) < 4.78 is 0. The van der Waals surface area contributed by atoms with Crippen LogP contribution in [0.25, 0.3) is 0 Å². The Morgan fingerprint density at radius 3 is 2.38 bits per heavy atom. The average molecular weight is 294 g/mol. The van der Waals surface area contributed by atoms with E-state index >= 15 is 0 Å². The van der Waals surface area contributed by atoms with E-state index < -0.39 is 0 Å². The smallest absolute Gasteiger partial charge is 0.241 e. The Labute approximate surface area is 130 Å². The molecule has 1 N–H and O–H groups in total. The summed E-state index contributed by atoms with van der Waals surface area (Å²) in [4.78, 5) is 15.2. The zero-order valence-electron chi connectivity index (χ0n) is 14.7. The maximum atomic E-state index is 13.0. The largest absolute Gasteiger partial charge is 0.323 e. The van der Waals surface area contributed by atoms with Gasteiger partial charge in [0.15, 0.2) is 0 Å². The Kier molecular flexibility index (Phi) is 5.34. The zero-order valence-corrected chi connectivity index (χ0v) is 14.7. The van der Waals surface area contributed by atoms with Crippen LogP contribution in [0.4, 0.5) is 0 Å². The lowest BCUT2D eigenvalue weighted by atomic mass is 9.95. The van der Waals surface area contributed by atoms with Gasteiger partial charge in [-0.3, -0.25) is 10.1 Å². The molecule has 2 fully saturated rings. The van der Waals surface area contributed by atoms with Crippen LogP contribution < -0.4 is 5.32 Å². The van der Waals surface area contributed by atoms with Crippen molar-refractivity contribution in [3.8, 4) is 0 Å². The van der Waals surface area contributed by atoms with E-state index in [2.05, 4.69) is 51.8 Å². The van der Waals surface area contributed by atoms with Crippen LogP contribution in [0.15, 0.2) is 0 Å². The van der Waals surface area contributed by atoms with Crippen LogP contribution in [0.2, 0.25) is 0 Å². The number of nitrogens with zero attached hydrogens (tertiary/aromatic N) is 1. The van der Waals surface area contributed by atoms with E-state index in [9.17, 15) is 4.79 Å². The molecule has 0 aromatic rings. The molecule has 1 amide bonds. The molecule has 0 aromatic carbocycles. The van der Waals surface area contributed by atoms with E-state index in [-0.39, 0.29) is 12.2 Å². The molecule has 3 nitrogen and oxygen atoms in total. The lowest BCUT2D eigenvalue weighted by molar-refractivity contribution is -0.134. The van der Waals surface area contributed by atoms with Crippen molar-refractivity contribution in [1.82, 2.24) is 10.2 Å². The Balaban J connectivity index is 2.19. The summed E-state index contributed by atoms with van der Waals surface area (Å²) in [6.07, 6.45) is 4.81. The van der Waals surface area contributed by atoms with E-state index in [4.69, 9.17) is 0 Å². The summed E-state index contributed by atoms with van der Waals surface area (Å²) in [5, 5.41) is 3.66. The van der Waals surface area contributed by atoms with Gasteiger partial charge in [-0.1, -0.05) is 48.0 Å². The highest BCUT2D eigenvalue weighted by molar-refractivity contribution is 5.85. The van der Waals surface area contributed by atoms with Gasteiger partial charge < -0.3 is 4.90 Å². The number of nitrogens with one attached hydrogen (secondary N) is 1. The molecular formula is C18H34N2O. The fourth-order valence-electron chi connectivity index (χ4n) is 4.07. The maximum absolute atomic E-state index is 13.0. The Hall–Kier alpha value is -0.570. The molecule has 122 valence electrons. The topological polar surface area (TPSA) is 32.3 Å². The van der Waals surface area contributed by atoms with Gasteiger partial charge in [-0.15, -0.1) is 0 Å². The number of rotatable bonds is 5. The first kappa shape index (κ1) is 16.8. The quantitative estimate of drug-likeness (QED) is 0.839. The molecule has 0 radical (unpaired) electrons. The second kappa shape index (κ2) is 6.68. The summed E-state index contributed by atoms with van der Waals surface area (Å²) in [5.74, 6) is 2.76. The molecule has 2 aliphatic rings. The Morgan fingerprint density at radius 1 is 1.24 bits per heavy atom. The minimum absolute atomic E-state index is 0.0295. The first-order valence-corrected chi connectivity index (χ1v) is 8.95. The number of carbonyl (C=O) groups is 1. The van der Waals surface area contributed by atoms with Gasteiger partial charge in [0.1, 0.15) is 0 Å². The molecule has 0 bridgehead atoms. The van der Waals surface area contributed by atoms with E-state index in [1.54, 1.807) is 0 Å². The minimum atomic E-state index is 0.0295. The molecule has 21 heavy (non-hydrogen) atoms. The average Bonchev–Trinajstić information content (AvgIpc) is 2.90. The van der Waals surface area contributed by atoms with Crippen molar-refractivity contribution in [3.63, 3.8) is 0 Å². The molecule has 2 rings (SSSR count). The molecule has 0 aromatic heterocycles. The van der Waals surface area contributed by atoms with Crippen molar-refractivity contribution in [2.45, 2.75) is 85.5 Å². The first-order chi connectivity index (χ1) is 9.86. The molecule has 1 aliphatic heterocycles. The summed E-state index contributed by atoms with van der Waals surface area (Å²) in [6.45, 7) is 13.6. The van der Waals surface area contributed by atoms with Crippen molar-refractivity contribution in [2.24, 2.45) is 23.7 Å². The van der Waals surface area contributed by atoms with E-state index in [1.807, 2.05) is 0 Å². The maximum Gasteiger partial charge on any atom is 0.241 e. The summed E-state index contributed by atoms with van der Waals surface area (Å²) >= 11 is 0. The number of carbonyl (C=O) groups excluding carboxylic acids is 1. The minimum Gasteiger partial charge on any atom is -0.323 e. The van der Waals surface area contributed by atoms with Gasteiger partial charge in [0.25, 0.3) is 0 Å². The SMILES string of the molecule is CCC(C)C1NC(CC(C)C)N(C2CCC(C)C2C)C1=O. The van der Waals surface area contributed by atoms with Gasteiger partial charge in [0, 0.05) is 6.04 Å². The molecule has 3 heteroatoms. The highest BCUT2D eigenvalue weighted by atomic mass is 16.2. The number of hydrogen-bond donors (Lipinski definition) is 1. The third kappa shape index (κ3) is 3.28. The van der Waals surface area contributed by atoms with Crippen LogP contribution in [0.3, 0.4) is 0 Å². The predicted molar refractivity (Wildman–Crippen MR) is 87.8 cm³/mol. The molecular weight excluding hydrogens is 260 g/mol. The van der Waals surface area contributed by atoms with Gasteiger partial charge >= 0.3 is 0 Å². The standard InChI is InChI=1S/C18H34N2O/c1-7-12(4)17-18(21)20(16(19-17)10-11(2)3)15-9-8-13(5)14(15)6/h11-17,19H,7-10H2,1-6H3. The van der Waals surface area contributed by atoms with Crippen LogP contribution in [0.1, 0.15) is 67.2 Å². The second-order valence-corrected chi connectivity index (χ2v) is 7.90. The van der Waals surface area contributed by atoms with Crippen LogP contribution in [-0.2, 0) is 4.79 Å². The first-order valence-electron chi connectivity index (χ1n) is 8.95. The van der Waals surface area contributed by atoms with E-state index in [0.717, 1.165) is 18.8 Å². The molecule has 1 heterocycles. The number of amides is 1. The van der Waals surface area contributed by atoms with Gasteiger partial charge in [0.2, 0.25) is 5.91 Å². The van der Waals surface area contributed by atoms with Crippen molar-refractivity contribution >= 4 is 5.91 Å². The summed E-state index contributed by atoms with van der Waals surface area (Å²) in [6, 6.07) is 0.472. The fraction of sp³-hybridized carbons (Fsp3) is 0.944. The Bertz CT molecular complexity index is 368. The van der Waals surface area contributed by atoms with Crippen LogP contribution in [-0.4, -0.2) is 29.1 Å². The van der Waals surface area contributed by atoms with Gasteiger partial charge in [-0.2, -0.15) is 0 Å². The zero-order chi connectivity index (χ0) is 15.7. The van der Waals surface area contributed by atoms with Crippen molar-refractivity contribution in [1.29, 1.82) is 0 Å². The lowest BCUT2D eigenvalue weighted by Gasteiger charge is -2.34. The fourth-order valence-corrected chi connectivity index (χ4v) is 4.07. The van der Waals surface area contributed by atoms with Gasteiger partial charge in [0.05, 0.1) is 12.2 Å². The lowest BCUT2D eigenvalue weighted by Crippen LogP contribution is -2.46. The summed E-state index contributed by atoms with van der Waals surface area (Å²) in [5.41, 5.74) is 0. The third-order valence-electron chi connectivity index (χ3n) is 5.92. The van der Waals surface area contributed by atoms with Gasteiger partial charge in [-0.05, 0) is 42.9 Å². The molecule has 1 saturated heterocycles. The van der Waals surface area contributed by atoms with Crippen molar-refractivity contribution < 1.29 is 4.79 Å². The normalized spacial score (nSPS) is 38.5. The number of hydrogen-bond acceptors (Lipinski definition) is 2. The highest BCUT2D eigenvalue weighted by Gasteiger charge is 2.47. The molecule has 6 atom stereocenters. The van der Waals surface area contributed by atoms with E-state index in [0.29, 0.717) is 29.7 Å². The monoisotopic (exact) mass is 294 g/mol. The van der Waals surface area contributed by atoms with Crippen LogP contribution in [0.5, 0.6) is 0 Å². The summed E-state index contributed by atoms with van der Waals surface area (Å²) in [7, 11) is 0. The van der Waals surface area contributed by atoms with Crippen LogP contribution >= 0.6 is 0 Å². The molecule has 6 unspecified atom stereocenters. The van der Waals surface area contributed by atoms with Crippen molar-refractivity contribution in [3.05, 3.63) is 0 Å². The van der Waals surface area contributed by atoms with E-state index in [1.165, 1.54) is 12.8 Å². The molecule has 0 spiro atoms. The Morgan fingerprint density at radius 2 is 1.90 bits per heavy atom. The van der Waals surface area contributed by atoms with Gasteiger partial charge in [-0.25, -0.2) is 0 Å².